The van der Waals surface area contributed by atoms with E-state index >= 15 is 0 Å². The number of nitrogens with zero attached hydrogens (tertiary/aromatic N) is 1. The van der Waals surface area contributed by atoms with Gasteiger partial charge in [0.2, 0.25) is 0 Å². The van der Waals surface area contributed by atoms with Crippen LogP contribution in [0.3, 0.4) is 0 Å². The summed E-state index contributed by atoms with van der Waals surface area (Å²) in [5.41, 5.74) is 2.62. The SMILES string of the molecule is CCc1ccc(NC(=O)/C(C#N)=C/c2ccc(OC(C)C)c(Br)c2)cc1. The van der Waals surface area contributed by atoms with Gasteiger partial charge in [-0.1, -0.05) is 25.1 Å². The highest BCUT2D eigenvalue weighted by atomic mass is 79.9. The van der Waals surface area contributed by atoms with Crippen LogP contribution in [0, 0.1) is 11.3 Å². The quantitative estimate of drug-likeness (QED) is 0.513. The van der Waals surface area contributed by atoms with Crippen LogP contribution in [0.5, 0.6) is 5.75 Å². The number of anilines is 1. The van der Waals surface area contributed by atoms with Crippen LogP contribution in [-0.2, 0) is 11.2 Å². The molecule has 0 heterocycles. The second-order valence-electron chi connectivity index (χ2n) is 6.03. The van der Waals surface area contributed by atoms with Gasteiger partial charge in [0.15, 0.2) is 0 Å². The summed E-state index contributed by atoms with van der Waals surface area (Å²) in [5, 5.41) is 12.1. The molecule has 0 saturated carbocycles. The summed E-state index contributed by atoms with van der Waals surface area (Å²) in [6.07, 6.45) is 2.55. The molecule has 1 amide bonds. The smallest absolute Gasteiger partial charge is 0.266 e. The molecule has 5 heteroatoms. The molecule has 0 radical (unpaired) electrons. The van der Waals surface area contributed by atoms with E-state index in [4.69, 9.17) is 4.74 Å². The Morgan fingerprint density at radius 3 is 2.50 bits per heavy atom. The van der Waals surface area contributed by atoms with Gasteiger partial charge in [0.1, 0.15) is 17.4 Å². The van der Waals surface area contributed by atoms with Gasteiger partial charge in [0.25, 0.3) is 5.91 Å². The number of nitrogens with one attached hydrogen (secondary N) is 1. The van der Waals surface area contributed by atoms with Gasteiger partial charge in [-0.05, 0) is 77.7 Å². The molecule has 2 aromatic rings. The van der Waals surface area contributed by atoms with Gasteiger partial charge >= 0.3 is 0 Å². The number of hydrogen-bond donors (Lipinski definition) is 1. The van der Waals surface area contributed by atoms with Crippen LogP contribution in [0.4, 0.5) is 5.69 Å². The Morgan fingerprint density at radius 2 is 1.96 bits per heavy atom. The Bertz CT molecular complexity index is 849. The standard InChI is InChI=1S/C21H21BrN2O2/c1-4-15-5-8-18(9-6-15)24-21(25)17(13-23)11-16-7-10-20(19(22)12-16)26-14(2)3/h5-12,14H,4H2,1-3H3,(H,24,25)/b17-11+. The highest BCUT2D eigenvalue weighted by Gasteiger charge is 2.11. The summed E-state index contributed by atoms with van der Waals surface area (Å²) >= 11 is 3.45. The molecule has 0 unspecified atom stereocenters. The fourth-order valence-electron chi connectivity index (χ4n) is 2.29. The van der Waals surface area contributed by atoms with E-state index in [1.807, 2.05) is 62.4 Å². The van der Waals surface area contributed by atoms with Crippen LogP contribution in [0.1, 0.15) is 31.9 Å². The van der Waals surface area contributed by atoms with Crippen LogP contribution in [-0.4, -0.2) is 12.0 Å². The predicted molar refractivity (Wildman–Crippen MR) is 108 cm³/mol. The summed E-state index contributed by atoms with van der Waals surface area (Å²) in [6.45, 7) is 5.97. The van der Waals surface area contributed by atoms with Gasteiger partial charge in [-0.2, -0.15) is 5.26 Å². The molecule has 2 aromatic carbocycles. The molecule has 0 aliphatic rings. The summed E-state index contributed by atoms with van der Waals surface area (Å²) in [5.74, 6) is 0.284. The van der Waals surface area contributed by atoms with Crippen molar-refractivity contribution in [2.24, 2.45) is 0 Å². The van der Waals surface area contributed by atoms with Gasteiger partial charge < -0.3 is 10.1 Å². The first-order valence-electron chi connectivity index (χ1n) is 8.41. The first-order valence-corrected chi connectivity index (χ1v) is 9.20. The molecule has 0 fully saturated rings. The zero-order valence-electron chi connectivity index (χ0n) is 15.0. The highest BCUT2D eigenvalue weighted by Crippen LogP contribution is 2.28. The lowest BCUT2D eigenvalue weighted by molar-refractivity contribution is -0.112. The van der Waals surface area contributed by atoms with E-state index in [1.54, 1.807) is 6.08 Å². The number of hydrogen-bond acceptors (Lipinski definition) is 3. The van der Waals surface area contributed by atoms with Gasteiger partial charge in [-0.25, -0.2) is 0 Å². The fraction of sp³-hybridized carbons (Fsp3) is 0.238. The van der Waals surface area contributed by atoms with E-state index in [-0.39, 0.29) is 11.7 Å². The lowest BCUT2D eigenvalue weighted by Crippen LogP contribution is -2.13. The molecule has 0 atom stereocenters. The Kier molecular flexibility index (Phi) is 6.99. The van der Waals surface area contributed by atoms with Crippen molar-refractivity contribution in [1.82, 2.24) is 0 Å². The monoisotopic (exact) mass is 412 g/mol. The van der Waals surface area contributed by atoms with Crippen molar-refractivity contribution in [3.8, 4) is 11.8 Å². The molecule has 0 spiro atoms. The van der Waals surface area contributed by atoms with Gasteiger partial charge in [-0.15, -0.1) is 0 Å². The van der Waals surface area contributed by atoms with Crippen LogP contribution in [0.15, 0.2) is 52.5 Å². The second-order valence-corrected chi connectivity index (χ2v) is 6.89. The molecule has 2 rings (SSSR count). The van der Waals surface area contributed by atoms with Crippen LogP contribution < -0.4 is 10.1 Å². The number of carbonyl (C=O) groups is 1. The van der Waals surface area contributed by atoms with Crippen molar-refractivity contribution < 1.29 is 9.53 Å². The zero-order valence-corrected chi connectivity index (χ0v) is 16.6. The van der Waals surface area contributed by atoms with Gasteiger partial charge in [-0.3, -0.25) is 4.79 Å². The van der Waals surface area contributed by atoms with E-state index in [0.717, 1.165) is 22.2 Å². The van der Waals surface area contributed by atoms with E-state index in [1.165, 1.54) is 5.56 Å². The number of aryl methyl sites for hydroxylation is 1. The minimum atomic E-state index is -0.435. The maximum atomic E-state index is 12.4. The van der Waals surface area contributed by atoms with Crippen molar-refractivity contribution in [2.45, 2.75) is 33.3 Å². The molecule has 0 aliphatic heterocycles. The number of carbonyl (C=O) groups excluding carboxylic acids is 1. The average molecular weight is 413 g/mol. The van der Waals surface area contributed by atoms with E-state index in [0.29, 0.717) is 5.69 Å². The Balaban J connectivity index is 2.17. The highest BCUT2D eigenvalue weighted by molar-refractivity contribution is 9.10. The number of nitriles is 1. The summed E-state index contributed by atoms with van der Waals surface area (Å²) in [7, 11) is 0. The normalized spacial score (nSPS) is 11.2. The number of amides is 1. The predicted octanol–water partition coefficient (Wildman–Crippen LogP) is 5.34. The summed E-state index contributed by atoms with van der Waals surface area (Å²) in [6, 6.07) is 15.0. The lowest BCUT2D eigenvalue weighted by atomic mass is 10.1. The maximum Gasteiger partial charge on any atom is 0.266 e. The van der Waals surface area contributed by atoms with Gasteiger partial charge in [0.05, 0.1) is 10.6 Å². The zero-order chi connectivity index (χ0) is 19.1. The van der Waals surface area contributed by atoms with Crippen molar-refractivity contribution >= 4 is 33.6 Å². The number of halogens is 1. The lowest BCUT2D eigenvalue weighted by Gasteiger charge is -2.11. The first-order chi connectivity index (χ1) is 12.4. The van der Waals surface area contributed by atoms with E-state index in [9.17, 15) is 10.1 Å². The molecular formula is C21H21BrN2O2. The minimum absolute atomic E-state index is 0.0361. The molecule has 134 valence electrons. The Hall–Kier alpha value is -2.58. The van der Waals surface area contributed by atoms with Gasteiger partial charge in [0, 0.05) is 5.69 Å². The number of benzene rings is 2. The van der Waals surface area contributed by atoms with Crippen LogP contribution in [0.2, 0.25) is 0 Å². The van der Waals surface area contributed by atoms with Crippen LogP contribution >= 0.6 is 15.9 Å². The molecule has 0 saturated heterocycles. The third-order valence-corrected chi connectivity index (χ3v) is 4.23. The number of rotatable bonds is 6. The van der Waals surface area contributed by atoms with Crippen molar-refractivity contribution in [3.05, 3.63) is 63.6 Å². The van der Waals surface area contributed by atoms with E-state index < -0.39 is 5.91 Å². The molecule has 1 N–H and O–H groups in total. The average Bonchev–Trinajstić information content (AvgIpc) is 2.62. The molecule has 4 nitrogen and oxygen atoms in total. The number of ether oxygens (including phenoxy) is 1. The van der Waals surface area contributed by atoms with Crippen molar-refractivity contribution in [1.29, 1.82) is 5.26 Å². The molecule has 0 aromatic heterocycles. The molecule has 0 bridgehead atoms. The third-order valence-electron chi connectivity index (χ3n) is 3.61. The Labute approximate surface area is 162 Å². The molecule has 26 heavy (non-hydrogen) atoms. The summed E-state index contributed by atoms with van der Waals surface area (Å²) in [4.78, 5) is 12.4. The van der Waals surface area contributed by atoms with Crippen LogP contribution in [0.25, 0.3) is 6.08 Å². The summed E-state index contributed by atoms with van der Waals surface area (Å²) < 4.78 is 6.44. The van der Waals surface area contributed by atoms with Crippen molar-refractivity contribution in [3.63, 3.8) is 0 Å². The molecule has 0 aliphatic carbocycles. The Morgan fingerprint density at radius 1 is 1.27 bits per heavy atom. The second kappa shape index (κ2) is 9.21. The minimum Gasteiger partial charge on any atom is -0.490 e. The van der Waals surface area contributed by atoms with E-state index in [2.05, 4.69) is 28.2 Å². The third kappa shape index (κ3) is 5.47. The maximum absolute atomic E-state index is 12.4. The topological polar surface area (TPSA) is 62.1 Å². The largest absolute Gasteiger partial charge is 0.490 e. The molecular weight excluding hydrogens is 392 g/mol. The first kappa shape index (κ1) is 19.7. The fourth-order valence-corrected chi connectivity index (χ4v) is 2.78. The van der Waals surface area contributed by atoms with Crippen molar-refractivity contribution in [2.75, 3.05) is 5.32 Å².